The number of carbonyl (C=O) groups excluding carboxylic acids is 1. The van der Waals surface area contributed by atoms with Gasteiger partial charge in [-0.3, -0.25) is 9.78 Å². The minimum Gasteiger partial charge on any atom is -0.493 e. The van der Waals surface area contributed by atoms with Crippen LogP contribution in [-0.4, -0.2) is 45.4 Å². The molecule has 0 fully saturated rings. The maximum atomic E-state index is 12.3. The topological polar surface area (TPSA) is 78.9 Å². The third-order valence-corrected chi connectivity index (χ3v) is 3.58. The van der Waals surface area contributed by atoms with Crippen LogP contribution in [-0.2, 0) is 0 Å². The number of nitrogens with one attached hydrogen (secondary N) is 1. The van der Waals surface area contributed by atoms with Crippen molar-refractivity contribution in [2.45, 2.75) is 6.92 Å². The summed E-state index contributed by atoms with van der Waals surface area (Å²) in [6, 6.07) is 6.85. The van der Waals surface area contributed by atoms with Gasteiger partial charge in [0, 0.05) is 11.3 Å². The molecule has 27 heavy (non-hydrogen) atoms. The minimum atomic E-state index is -0.299. The van der Waals surface area contributed by atoms with Crippen LogP contribution < -0.4 is 24.3 Å². The van der Waals surface area contributed by atoms with Crippen LogP contribution in [0, 0.1) is 18.8 Å². The van der Waals surface area contributed by atoms with E-state index in [0.717, 1.165) is 5.69 Å². The van der Waals surface area contributed by atoms with Gasteiger partial charge in [0.25, 0.3) is 5.91 Å². The van der Waals surface area contributed by atoms with E-state index in [4.69, 9.17) is 18.9 Å². The number of amides is 1. The Balaban J connectivity index is 1.89. The predicted molar refractivity (Wildman–Crippen MR) is 101 cm³/mol. The predicted octanol–water partition coefficient (Wildman–Crippen LogP) is 2.23. The zero-order valence-electron chi connectivity index (χ0n) is 15.8. The van der Waals surface area contributed by atoms with Crippen LogP contribution in [0.1, 0.15) is 16.1 Å². The van der Waals surface area contributed by atoms with E-state index < -0.39 is 0 Å². The van der Waals surface area contributed by atoms with Crippen LogP contribution in [0.2, 0.25) is 0 Å². The minimum absolute atomic E-state index is 0.186. The molecule has 0 radical (unpaired) electrons. The molecule has 7 heteroatoms. The normalized spacial score (nSPS) is 9.63. The van der Waals surface area contributed by atoms with Crippen molar-refractivity contribution in [3.63, 3.8) is 0 Å². The quantitative estimate of drug-likeness (QED) is 0.753. The number of rotatable bonds is 7. The van der Waals surface area contributed by atoms with Crippen LogP contribution in [0.4, 0.5) is 0 Å². The van der Waals surface area contributed by atoms with Gasteiger partial charge in [0.05, 0.1) is 34.1 Å². The van der Waals surface area contributed by atoms with Gasteiger partial charge in [-0.25, -0.2) is 0 Å². The molecular weight excluding hydrogens is 348 g/mol. The zero-order chi connectivity index (χ0) is 19.6. The highest BCUT2D eigenvalue weighted by Crippen LogP contribution is 2.38. The lowest BCUT2D eigenvalue weighted by Crippen LogP contribution is -2.23. The first-order chi connectivity index (χ1) is 13.1. The lowest BCUT2D eigenvalue weighted by atomic mass is 10.1. The van der Waals surface area contributed by atoms with E-state index in [0.29, 0.717) is 28.6 Å². The molecule has 0 saturated carbocycles. The summed E-state index contributed by atoms with van der Waals surface area (Å²) in [7, 11) is 4.49. The molecule has 142 valence electrons. The fraction of sp³-hybridized carbons (Fsp3) is 0.300. The first-order valence-corrected chi connectivity index (χ1v) is 8.18. The van der Waals surface area contributed by atoms with Crippen molar-refractivity contribution in [3.8, 4) is 34.8 Å². The summed E-state index contributed by atoms with van der Waals surface area (Å²) in [4.78, 5) is 16.4. The van der Waals surface area contributed by atoms with Gasteiger partial charge in [0.1, 0.15) is 12.4 Å². The van der Waals surface area contributed by atoms with Crippen molar-refractivity contribution >= 4 is 5.91 Å². The highest BCUT2D eigenvalue weighted by Gasteiger charge is 2.16. The average molecular weight is 370 g/mol. The molecule has 1 N–H and O–H groups in total. The molecular formula is C20H22N2O5. The summed E-state index contributed by atoms with van der Waals surface area (Å²) < 4.78 is 21.2. The molecule has 0 aliphatic carbocycles. The smallest absolute Gasteiger partial charge is 0.252 e. The number of carbonyl (C=O) groups is 1. The summed E-state index contributed by atoms with van der Waals surface area (Å²) in [5.41, 5.74) is 1.30. The van der Waals surface area contributed by atoms with Gasteiger partial charge in [0.2, 0.25) is 5.75 Å². The molecule has 1 aromatic heterocycles. The first-order valence-electron chi connectivity index (χ1n) is 8.18. The molecule has 0 spiro atoms. The van der Waals surface area contributed by atoms with Crippen molar-refractivity contribution in [2.75, 3.05) is 34.5 Å². The average Bonchev–Trinajstić information content (AvgIpc) is 2.70. The molecule has 1 amide bonds. The number of aromatic nitrogens is 1. The Hall–Kier alpha value is -3.40. The van der Waals surface area contributed by atoms with Crippen LogP contribution in [0.5, 0.6) is 23.0 Å². The molecule has 0 unspecified atom stereocenters. The van der Waals surface area contributed by atoms with Gasteiger partial charge in [-0.15, -0.1) is 0 Å². The summed E-state index contributed by atoms with van der Waals surface area (Å²) in [6.07, 6.45) is 1.64. The molecule has 0 saturated heterocycles. The number of hydrogen-bond donors (Lipinski definition) is 1. The van der Waals surface area contributed by atoms with Crippen LogP contribution in [0.15, 0.2) is 30.5 Å². The summed E-state index contributed by atoms with van der Waals surface area (Å²) in [5.74, 6) is 7.27. The number of hydrogen-bond acceptors (Lipinski definition) is 6. The molecule has 0 aliphatic heterocycles. The Morgan fingerprint density at radius 1 is 1.07 bits per heavy atom. The fourth-order valence-corrected chi connectivity index (χ4v) is 2.21. The van der Waals surface area contributed by atoms with E-state index in [1.54, 1.807) is 18.3 Å². The third kappa shape index (κ3) is 5.54. The van der Waals surface area contributed by atoms with Crippen LogP contribution in [0.3, 0.4) is 0 Å². The number of pyridine rings is 1. The lowest BCUT2D eigenvalue weighted by Gasteiger charge is -2.13. The molecule has 1 aromatic carbocycles. The van der Waals surface area contributed by atoms with Crippen molar-refractivity contribution in [1.82, 2.24) is 10.3 Å². The second-order valence-corrected chi connectivity index (χ2v) is 5.37. The number of benzene rings is 1. The highest BCUT2D eigenvalue weighted by molar-refractivity contribution is 5.95. The van der Waals surface area contributed by atoms with Gasteiger partial charge in [-0.05, 0) is 31.2 Å². The van der Waals surface area contributed by atoms with Crippen molar-refractivity contribution in [1.29, 1.82) is 0 Å². The lowest BCUT2D eigenvalue weighted by molar-refractivity contribution is 0.0958. The maximum Gasteiger partial charge on any atom is 0.252 e. The molecule has 2 aromatic rings. The van der Waals surface area contributed by atoms with Crippen molar-refractivity contribution < 1.29 is 23.7 Å². The van der Waals surface area contributed by atoms with Gasteiger partial charge in [-0.1, -0.05) is 11.8 Å². The Morgan fingerprint density at radius 2 is 1.78 bits per heavy atom. The number of nitrogens with zero attached hydrogens (tertiary/aromatic N) is 1. The van der Waals surface area contributed by atoms with Gasteiger partial charge < -0.3 is 24.3 Å². The Kier molecular flexibility index (Phi) is 7.32. The van der Waals surface area contributed by atoms with E-state index in [1.165, 1.54) is 21.3 Å². The molecule has 0 bridgehead atoms. The standard InChI is InChI=1S/C20H22N2O5/c1-14-7-8-16(13-22-14)27-10-6-5-9-21-20(23)15-11-17(24-2)19(26-4)18(12-15)25-3/h7-8,11-13H,9-10H2,1-4H3,(H,21,23). The van der Waals surface area contributed by atoms with Crippen molar-refractivity contribution in [3.05, 3.63) is 41.7 Å². The Morgan fingerprint density at radius 3 is 2.33 bits per heavy atom. The van der Waals surface area contributed by atoms with E-state index in [-0.39, 0.29) is 19.1 Å². The Labute approximate surface area is 158 Å². The first kappa shape index (κ1) is 19.9. The highest BCUT2D eigenvalue weighted by atomic mass is 16.5. The fourth-order valence-electron chi connectivity index (χ4n) is 2.21. The zero-order valence-corrected chi connectivity index (χ0v) is 15.8. The van der Waals surface area contributed by atoms with Gasteiger partial charge in [-0.2, -0.15) is 0 Å². The largest absolute Gasteiger partial charge is 0.493 e. The molecule has 7 nitrogen and oxygen atoms in total. The van der Waals surface area contributed by atoms with Gasteiger partial charge in [0.15, 0.2) is 11.5 Å². The molecule has 1 heterocycles. The van der Waals surface area contributed by atoms with Crippen LogP contribution >= 0.6 is 0 Å². The maximum absolute atomic E-state index is 12.3. The molecule has 0 atom stereocenters. The Bertz CT molecular complexity index is 813. The monoisotopic (exact) mass is 370 g/mol. The van der Waals surface area contributed by atoms with Crippen molar-refractivity contribution in [2.24, 2.45) is 0 Å². The van der Waals surface area contributed by atoms with Crippen LogP contribution in [0.25, 0.3) is 0 Å². The molecule has 2 rings (SSSR count). The second kappa shape index (κ2) is 9.92. The second-order valence-electron chi connectivity index (χ2n) is 5.37. The number of methoxy groups -OCH3 is 3. The SMILES string of the molecule is COc1cc(C(=O)NCC#CCOc2ccc(C)nc2)cc(OC)c1OC. The summed E-state index contributed by atoms with van der Waals surface area (Å²) in [6.45, 7) is 2.30. The van der Waals surface area contributed by atoms with Gasteiger partial charge >= 0.3 is 0 Å². The molecule has 0 aliphatic rings. The number of aryl methyl sites for hydroxylation is 1. The van der Waals surface area contributed by atoms with E-state index in [9.17, 15) is 4.79 Å². The summed E-state index contributed by atoms with van der Waals surface area (Å²) >= 11 is 0. The van der Waals surface area contributed by atoms with E-state index in [1.807, 2.05) is 19.1 Å². The van der Waals surface area contributed by atoms with E-state index >= 15 is 0 Å². The third-order valence-electron chi connectivity index (χ3n) is 3.58. The summed E-state index contributed by atoms with van der Waals surface area (Å²) in [5, 5.41) is 2.71. The van der Waals surface area contributed by atoms with E-state index in [2.05, 4.69) is 22.1 Å². The number of ether oxygens (including phenoxy) is 4.